The molecule has 1 rings (SSSR count). The van der Waals surface area contributed by atoms with Gasteiger partial charge < -0.3 is 10.2 Å². The van der Waals surface area contributed by atoms with Gasteiger partial charge in [0.15, 0.2) is 0 Å². The molecule has 0 aliphatic heterocycles. The van der Waals surface area contributed by atoms with E-state index >= 15 is 0 Å². The quantitative estimate of drug-likeness (QED) is 0.793. The van der Waals surface area contributed by atoms with Crippen LogP contribution in [0.2, 0.25) is 0 Å². The fourth-order valence-corrected chi connectivity index (χ4v) is 1.73. The van der Waals surface area contributed by atoms with Gasteiger partial charge in [-0.05, 0) is 19.9 Å². The minimum absolute atomic E-state index is 0.00431. The first-order valence-corrected chi connectivity index (χ1v) is 6.39. The monoisotopic (exact) mass is 266 g/mol. The van der Waals surface area contributed by atoms with Gasteiger partial charge in [-0.15, -0.1) is 0 Å². The Morgan fingerprint density at radius 1 is 1.42 bits per heavy atom. The molecule has 0 aromatic carbocycles. The number of rotatable bonds is 6. The predicted octanol–water partition coefficient (Wildman–Crippen LogP) is 0.634. The van der Waals surface area contributed by atoms with Crippen molar-refractivity contribution in [1.82, 2.24) is 20.4 Å². The number of nitrogens with one attached hydrogen (secondary N) is 2. The molecule has 106 valence electrons. The number of aromatic nitrogens is 2. The number of carbonyl (C=O) groups excluding carboxylic acids is 2. The molecule has 6 nitrogen and oxygen atoms in total. The van der Waals surface area contributed by atoms with Crippen molar-refractivity contribution >= 4 is 11.8 Å². The Morgan fingerprint density at radius 2 is 2.11 bits per heavy atom. The SMILES string of the molecule is Cc1cc(CC(C)NC(=O)CCC(=O)N(C)C)n[nH]1. The third kappa shape index (κ3) is 5.54. The van der Waals surface area contributed by atoms with E-state index in [9.17, 15) is 9.59 Å². The normalized spacial score (nSPS) is 12.0. The average molecular weight is 266 g/mol. The first kappa shape index (κ1) is 15.2. The van der Waals surface area contributed by atoms with Crippen LogP contribution in [0.1, 0.15) is 31.2 Å². The van der Waals surface area contributed by atoms with Crippen molar-refractivity contribution < 1.29 is 9.59 Å². The van der Waals surface area contributed by atoms with E-state index < -0.39 is 0 Å². The molecule has 0 saturated heterocycles. The molecule has 1 aromatic rings. The lowest BCUT2D eigenvalue weighted by molar-refractivity contribution is -0.131. The second-order valence-electron chi connectivity index (χ2n) is 5.00. The van der Waals surface area contributed by atoms with Gasteiger partial charge in [-0.2, -0.15) is 5.10 Å². The Bertz CT molecular complexity index is 440. The van der Waals surface area contributed by atoms with E-state index in [1.54, 1.807) is 14.1 Å². The summed E-state index contributed by atoms with van der Waals surface area (Å²) < 4.78 is 0. The zero-order valence-corrected chi connectivity index (χ0v) is 12.0. The molecule has 2 N–H and O–H groups in total. The minimum atomic E-state index is -0.102. The average Bonchev–Trinajstić information content (AvgIpc) is 2.71. The summed E-state index contributed by atoms with van der Waals surface area (Å²) in [5.41, 5.74) is 1.93. The first-order valence-electron chi connectivity index (χ1n) is 6.39. The Balaban J connectivity index is 2.30. The lowest BCUT2D eigenvalue weighted by atomic mass is 10.1. The maximum absolute atomic E-state index is 11.7. The van der Waals surface area contributed by atoms with Crippen LogP contribution in [0.5, 0.6) is 0 Å². The summed E-state index contributed by atoms with van der Waals surface area (Å²) in [6.45, 7) is 3.86. The van der Waals surface area contributed by atoms with Crippen LogP contribution >= 0.6 is 0 Å². The van der Waals surface area contributed by atoms with Crippen LogP contribution < -0.4 is 5.32 Å². The summed E-state index contributed by atoms with van der Waals surface area (Å²) in [5.74, 6) is -0.138. The molecule has 19 heavy (non-hydrogen) atoms. The van der Waals surface area contributed by atoms with Gasteiger partial charge >= 0.3 is 0 Å². The molecule has 1 heterocycles. The van der Waals surface area contributed by atoms with E-state index in [1.165, 1.54) is 4.90 Å². The van der Waals surface area contributed by atoms with Crippen molar-refractivity contribution in [2.75, 3.05) is 14.1 Å². The third-order valence-corrected chi connectivity index (χ3v) is 2.75. The van der Waals surface area contributed by atoms with Crippen molar-refractivity contribution in [2.24, 2.45) is 0 Å². The molecule has 0 saturated carbocycles. The number of carbonyl (C=O) groups is 2. The maximum Gasteiger partial charge on any atom is 0.222 e. The van der Waals surface area contributed by atoms with Crippen LogP contribution in [0, 0.1) is 6.92 Å². The zero-order valence-electron chi connectivity index (χ0n) is 12.0. The molecule has 0 aliphatic rings. The Hall–Kier alpha value is -1.85. The van der Waals surface area contributed by atoms with E-state index in [1.807, 2.05) is 19.9 Å². The molecule has 6 heteroatoms. The van der Waals surface area contributed by atoms with E-state index in [0.29, 0.717) is 6.42 Å². The van der Waals surface area contributed by atoms with E-state index in [0.717, 1.165) is 11.4 Å². The summed E-state index contributed by atoms with van der Waals surface area (Å²) in [7, 11) is 3.37. The molecule has 0 fully saturated rings. The molecule has 1 aromatic heterocycles. The minimum Gasteiger partial charge on any atom is -0.353 e. The highest BCUT2D eigenvalue weighted by molar-refractivity contribution is 5.83. The fraction of sp³-hybridized carbons (Fsp3) is 0.615. The molecule has 0 bridgehead atoms. The van der Waals surface area contributed by atoms with Gasteiger partial charge in [-0.25, -0.2) is 0 Å². The number of nitrogens with zero attached hydrogens (tertiary/aromatic N) is 2. The molecule has 0 radical (unpaired) electrons. The van der Waals surface area contributed by atoms with Crippen LogP contribution in [-0.2, 0) is 16.0 Å². The third-order valence-electron chi connectivity index (χ3n) is 2.75. The highest BCUT2D eigenvalue weighted by atomic mass is 16.2. The van der Waals surface area contributed by atoms with Gasteiger partial charge in [0.25, 0.3) is 0 Å². The lowest BCUT2D eigenvalue weighted by Crippen LogP contribution is -2.35. The molecule has 1 atom stereocenters. The van der Waals surface area contributed by atoms with Gasteiger partial charge in [0.1, 0.15) is 0 Å². The Morgan fingerprint density at radius 3 is 2.63 bits per heavy atom. The number of hydrogen-bond acceptors (Lipinski definition) is 3. The zero-order chi connectivity index (χ0) is 14.4. The van der Waals surface area contributed by atoms with Gasteiger partial charge in [0, 0.05) is 45.1 Å². The second-order valence-corrected chi connectivity index (χ2v) is 5.00. The van der Waals surface area contributed by atoms with E-state index in [4.69, 9.17) is 0 Å². The highest BCUT2D eigenvalue weighted by Gasteiger charge is 2.12. The van der Waals surface area contributed by atoms with Gasteiger partial charge in [-0.1, -0.05) is 0 Å². The number of aryl methyl sites for hydroxylation is 1. The van der Waals surface area contributed by atoms with E-state index in [-0.39, 0.29) is 30.7 Å². The molecule has 2 amide bonds. The summed E-state index contributed by atoms with van der Waals surface area (Å²) in [4.78, 5) is 24.5. The van der Waals surface area contributed by atoms with Crippen molar-refractivity contribution in [3.05, 3.63) is 17.5 Å². The summed E-state index contributed by atoms with van der Waals surface area (Å²) in [6.07, 6.45) is 1.14. The summed E-state index contributed by atoms with van der Waals surface area (Å²) in [6, 6.07) is 1.96. The second kappa shape index (κ2) is 6.92. The van der Waals surface area contributed by atoms with E-state index in [2.05, 4.69) is 15.5 Å². The first-order chi connectivity index (χ1) is 8.88. The standard InChI is InChI=1S/C13H22N4O2/c1-9(7-11-8-10(2)15-16-11)14-12(18)5-6-13(19)17(3)4/h8-9H,5-7H2,1-4H3,(H,14,18)(H,15,16). The lowest BCUT2D eigenvalue weighted by Gasteiger charge is -2.13. The molecule has 0 spiro atoms. The largest absolute Gasteiger partial charge is 0.353 e. The number of hydrogen-bond donors (Lipinski definition) is 2. The number of H-pyrrole nitrogens is 1. The Labute approximate surface area is 113 Å². The highest BCUT2D eigenvalue weighted by Crippen LogP contribution is 2.02. The molecule has 0 aliphatic carbocycles. The molecule has 1 unspecified atom stereocenters. The summed E-state index contributed by atoms with van der Waals surface area (Å²) >= 11 is 0. The summed E-state index contributed by atoms with van der Waals surface area (Å²) in [5, 5.41) is 9.86. The van der Waals surface area contributed by atoms with Crippen LogP contribution in [0.3, 0.4) is 0 Å². The number of amides is 2. The fourth-order valence-electron chi connectivity index (χ4n) is 1.73. The van der Waals surface area contributed by atoms with Crippen LogP contribution in [0.4, 0.5) is 0 Å². The van der Waals surface area contributed by atoms with Gasteiger partial charge in [-0.3, -0.25) is 14.7 Å². The van der Waals surface area contributed by atoms with Crippen LogP contribution in [0.25, 0.3) is 0 Å². The molecular weight excluding hydrogens is 244 g/mol. The van der Waals surface area contributed by atoms with Gasteiger partial charge in [0.2, 0.25) is 11.8 Å². The number of aromatic amines is 1. The van der Waals surface area contributed by atoms with Gasteiger partial charge in [0.05, 0.1) is 5.69 Å². The maximum atomic E-state index is 11.7. The Kier molecular flexibility index (Phi) is 5.54. The van der Waals surface area contributed by atoms with Crippen molar-refractivity contribution in [3.63, 3.8) is 0 Å². The smallest absolute Gasteiger partial charge is 0.222 e. The van der Waals surface area contributed by atoms with Crippen molar-refractivity contribution in [3.8, 4) is 0 Å². The van der Waals surface area contributed by atoms with Crippen molar-refractivity contribution in [2.45, 2.75) is 39.2 Å². The van der Waals surface area contributed by atoms with Crippen LogP contribution in [-0.4, -0.2) is 47.0 Å². The van der Waals surface area contributed by atoms with Crippen LogP contribution in [0.15, 0.2) is 6.07 Å². The topological polar surface area (TPSA) is 78.1 Å². The van der Waals surface area contributed by atoms with Crippen molar-refractivity contribution in [1.29, 1.82) is 0 Å². The predicted molar refractivity (Wildman–Crippen MR) is 72.6 cm³/mol. The molecular formula is C13H22N4O2.